The zero-order valence-electron chi connectivity index (χ0n) is 18.1. The van der Waals surface area contributed by atoms with Gasteiger partial charge in [-0.05, 0) is 35.7 Å². The largest absolute Gasteiger partial charge is 0.456 e. The van der Waals surface area contributed by atoms with Crippen LogP contribution in [0.5, 0.6) is 0 Å². The number of aliphatic hydroxyl groups is 1. The molecule has 1 aromatic rings. The van der Waals surface area contributed by atoms with Crippen LogP contribution in [0.25, 0.3) is 0 Å². The maximum Gasteiger partial charge on any atom is 0.307 e. The summed E-state index contributed by atoms with van der Waals surface area (Å²) in [4.78, 5) is 12.4. The van der Waals surface area contributed by atoms with Crippen molar-refractivity contribution in [1.29, 1.82) is 0 Å². The molecule has 1 aliphatic heterocycles. The summed E-state index contributed by atoms with van der Waals surface area (Å²) in [5.74, 6) is 0.824. The van der Waals surface area contributed by atoms with E-state index in [1.54, 1.807) is 0 Å². The molecule has 0 spiro atoms. The zero-order valence-corrected chi connectivity index (χ0v) is 18.1. The standard InChI is InChI=1S/C25H34O4/c1-17(2)20-11-10-19-12-25(16-28-15-18-8-6-5-7-9-18)24(4,14-22(27)29-25)21(26)13-23(19,20)3/h5-10,17,20-21,26H,11-16H2,1-4H3/t20-,21+,23+,24+,25+/m1/s1. The van der Waals surface area contributed by atoms with E-state index in [0.29, 0.717) is 37.9 Å². The summed E-state index contributed by atoms with van der Waals surface area (Å²) in [5, 5.41) is 11.4. The summed E-state index contributed by atoms with van der Waals surface area (Å²) in [6, 6.07) is 10.0. The van der Waals surface area contributed by atoms with Crippen molar-refractivity contribution in [3.05, 3.63) is 47.5 Å². The molecule has 0 radical (unpaired) electrons. The highest BCUT2D eigenvalue weighted by molar-refractivity contribution is 5.74. The van der Waals surface area contributed by atoms with E-state index in [-0.39, 0.29) is 17.8 Å². The quantitative estimate of drug-likeness (QED) is 0.579. The van der Waals surface area contributed by atoms with Crippen LogP contribution in [-0.4, -0.2) is 29.4 Å². The highest BCUT2D eigenvalue weighted by Crippen LogP contribution is 2.62. The molecule has 158 valence electrons. The highest BCUT2D eigenvalue weighted by Gasteiger charge is 2.66. The van der Waals surface area contributed by atoms with Gasteiger partial charge in [-0.15, -0.1) is 0 Å². The Labute approximate surface area is 174 Å². The van der Waals surface area contributed by atoms with Gasteiger partial charge in [0.2, 0.25) is 0 Å². The molecule has 3 aliphatic rings. The third-order valence-corrected chi connectivity index (χ3v) is 8.11. The molecular formula is C25H34O4. The molecule has 1 N–H and O–H groups in total. The first kappa shape index (κ1) is 20.6. The van der Waals surface area contributed by atoms with Crippen molar-refractivity contribution in [1.82, 2.24) is 0 Å². The van der Waals surface area contributed by atoms with Crippen molar-refractivity contribution in [2.75, 3.05) is 6.61 Å². The average Bonchev–Trinajstić information content (AvgIpc) is 3.08. The number of benzene rings is 1. The van der Waals surface area contributed by atoms with Crippen molar-refractivity contribution >= 4 is 5.97 Å². The van der Waals surface area contributed by atoms with Gasteiger partial charge in [-0.3, -0.25) is 4.79 Å². The van der Waals surface area contributed by atoms with Gasteiger partial charge < -0.3 is 14.6 Å². The first-order valence-corrected chi connectivity index (χ1v) is 10.9. The lowest BCUT2D eigenvalue weighted by atomic mass is 9.66. The molecule has 1 heterocycles. The number of hydrogen-bond donors (Lipinski definition) is 1. The van der Waals surface area contributed by atoms with Crippen LogP contribution in [0.1, 0.15) is 58.9 Å². The molecule has 5 atom stereocenters. The maximum atomic E-state index is 12.4. The number of hydrogen-bond acceptors (Lipinski definition) is 4. The molecule has 1 aromatic carbocycles. The smallest absolute Gasteiger partial charge is 0.307 e. The van der Waals surface area contributed by atoms with E-state index in [4.69, 9.17) is 9.47 Å². The molecule has 2 aliphatic carbocycles. The molecule has 29 heavy (non-hydrogen) atoms. The first-order valence-electron chi connectivity index (χ1n) is 10.9. The van der Waals surface area contributed by atoms with Gasteiger partial charge in [0.15, 0.2) is 0 Å². The first-order chi connectivity index (χ1) is 13.7. The van der Waals surface area contributed by atoms with E-state index in [1.165, 1.54) is 5.57 Å². The fourth-order valence-electron chi connectivity index (χ4n) is 6.14. The Kier molecular flexibility index (Phi) is 5.15. The van der Waals surface area contributed by atoms with E-state index < -0.39 is 17.1 Å². The van der Waals surface area contributed by atoms with Gasteiger partial charge in [0, 0.05) is 11.8 Å². The molecule has 1 saturated carbocycles. The zero-order chi connectivity index (χ0) is 20.9. The van der Waals surface area contributed by atoms with E-state index >= 15 is 0 Å². The second-order valence-electron chi connectivity index (χ2n) is 10.2. The second kappa shape index (κ2) is 7.24. The van der Waals surface area contributed by atoms with Gasteiger partial charge in [-0.1, -0.05) is 69.7 Å². The normalized spacial score (nSPS) is 39.0. The van der Waals surface area contributed by atoms with Crippen LogP contribution in [0.2, 0.25) is 0 Å². The fraction of sp³-hybridized carbons (Fsp3) is 0.640. The molecule has 4 heteroatoms. The number of esters is 1. The Morgan fingerprint density at radius 2 is 1.93 bits per heavy atom. The van der Waals surface area contributed by atoms with Gasteiger partial charge >= 0.3 is 5.97 Å². The summed E-state index contributed by atoms with van der Waals surface area (Å²) >= 11 is 0. The molecule has 1 saturated heterocycles. The number of rotatable bonds is 5. The number of carbonyl (C=O) groups is 1. The van der Waals surface area contributed by atoms with Gasteiger partial charge in [-0.25, -0.2) is 0 Å². The summed E-state index contributed by atoms with van der Waals surface area (Å²) in [6.07, 6.45) is 4.34. The van der Waals surface area contributed by atoms with E-state index in [1.807, 2.05) is 37.3 Å². The third kappa shape index (κ3) is 3.25. The number of ether oxygens (including phenoxy) is 2. The average molecular weight is 399 g/mol. The topological polar surface area (TPSA) is 55.8 Å². The number of carbonyl (C=O) groups excluding carboxylic acids is 1. The molecule has 2 fully saturated rings. The van der Waals surface area contributed by atoms with Crippen LogP contribution in [0, 0.1) is 22.7 Å². The Bertz CT molecular complexity index is 800. The SMILES string of the molecule is CC(C)[C@H]1CC=C2C[C@@]3(COCc4ccccc4)OC(=O)C[C@@]3(C)[C@@H](O)C[C@@]21C. The highest BCUT2D eigenvalue weighted by atomic mass is 16.6. The molecule has 0 bridgehead atoms. The Morgan fingerprint density at radius 3 is 2.62 bits per heavy atom. The van der Waals surface area contributed by atoms with Crippen LogP contribution in [0.4, 0.5) is 0 Å². The van der Waals surface area contributed by atoms with Gasteiger partial charge in [0.1, 0.15) is 5.60 Å². The monoisotopic (exact) mass is 398 g/mol. The summed E-state index contributed by atoms with van der Waals surface area (Å²) < 4.78 is 12.1. The molecule has 0 unspecified atom stereocenters. The van der Waals surface area contributed by atoms with Crippen molar-refractivity contribution in [3.8, 4) is 0 Å². The van der Waals surface area contributed by atoms with Crippen LogP contribution in [0.15, 0.2) is 42.0 Å². The molecule has 0 aromatic heterocycles. The van der Waals surface area contributed by atoms with Gasteiger partial charge in [0.05, 0.1) is 25.7 Å². The van der Waals surface area contributed by atoms with Gasteiger partial charge in [0.25, 0.3) is 0 Å². The van der Waals surface area contributed by atoms with Crippen molar-refractivity contribution < 1.29 is 19.4 Å². The van der Waals surface area contributed by atoms with Crippen molar-refractivity contribution in [2.45, 2.75) is 71.7 Å². The summed E-state index contributed by atoms with van der Waals surface area (Å²) in [7, 11) is 0. The Hall–Kier alpha value is -1.65. The minimum absolute atomic E-state index is 0.0558. The van der Waals surface area contributed by atoms with Crippen LogP contribution in [0.3, 0.4) is 0 Å². The summed E-state index contributed by atoms with van der Waals surface area (Å²) in [6.45, 7) is 9.63. The van der Waals surface area contributed by atoms with Crippen molar-refractivity contribution in [2.24, 2.45) is 22.7 Å². The predicted molar refractivity (Wildman–Crippen MR) is 112 cm³/mol. The minimum Gasteiger partial charge on any atom is -0.456 e. The second-order valence-corrected chi connectivity index (χ2v) is 10.2. The third-order valence-electron chi connectivity index (χ3n) is 8.11. The lowest BCUT2D eigenvalue weighted by molar-refractivity contribution is -0.167. The van der Waals surface area contributed by atoms with Gasteiger partial charge in [-0.2, -0.15) is 0 Å². The van der Waals surface area contributed by atoms with Crippen LogP contribution < -0.4 is 0 Å². The van der Waals surface area contributed by atoms with E-state index in [9.17, 15) is 9.90 Å². The lowest BCUT2D eigenvalue weighted by Crippen LogP contribution is -2.52. The summed E-state index contributed by atoms with van der Waals surface area (Å²) in [5.41, 5.74) is 0.912. The van der Waals surface area contributed by atoms with Crippen molar-refractivity contribution in [3.63, 3.8) is 0 Å². The Balaban J connectivity index is 1.64. The van der Waals surface area contributed by atoms with E-state index in [0.717, 1.165) is 12.0 Å². The number of allylic oxidation sites excluding steroid dienone is 1. The van der Waals surface area contributed by atoms with Crippen LogP contribution in [-0.2, 0) is 20.9 Å². The number of fused-ring (bicyclic) bond motifs is 2. The molecule has 4 nitrogen and oxygen atoms in total. The molecular weight excluding hydrogens is 364 g/mol. The fourth-order valence-corrected chi connectivity index (χ4v) is 6.14. The van der Waals surface area contributed by atoms with Crippen LogP contribution >= 0.6 is 0 Å². The Morgan fingerprint density at radius 1 is 1.21 bits per heavy atom. The predicted octanol–water partition coefficient (Wildman–Crippen LogP) is 4.66. The molecule has 4 rings (SSSR count). The lowest BCUT2D eigenvalue weighted by Gasteiger charge is -2.42. The van der Waals surface area contributed by atoms with E-state index in [2.05, 4.69) is 26.8 Å². The molecule has 0 amide bonds. The number of aliphatic hydroxyl groups excluding tert-OH is 1. The maximum absolute atomic E-state index is 12.4. The minimum atomic E-state index is -0.812.